The third-order valence-electron chi connectivity index (χ3n) is 4.16. The predicted molar refractivity (Wildman–Crippen MR) is 102 cm³/mol. The molecule has 0 amide bonds. The van der Waals surface area contributed by atoms with Gasteiger partial charge in [-0.2, -0.15) is 0 Å². The average Bonchev–Trinajstić information content (AvgIpc) is 2.67. The molecule has 0 bridgehead atoms. The highest BCUT2D eigenvalue weighted by Crippen LogP contribution is 2.06. The molecule has 0 aliphatic carbocycles. The number of ether oxygens (including phenoxy) is 6. The van der Waals surface area contributed by atoms with Gasteiger partial charge in [-0.1, -0.05) is 0 Å². The van der Waals surface area contributed by atoms with E-state index >= 15 is 0 Å². The van der Waals surface area contributed by atoms with Gasteiger partial charge in [0.1, 0.15) is 19.6 Å². The van der Waals surface area contributed by atoms with Crippen molar-refractivity contribution in [3.8, 4) is 0 Å². The van der Waals surface area contributed by atoms with Crippen molar-refractivity contribution >= 4 is 5.97 Å². The first-order valence-corrected chi connectivity index (χ1v) is 9.95. The number of methoxy groups -OCH3 is 1. The largest absolute Gasteiger partial charge is 0.550 e. The lowest BCUT2D eigenvalue weighted by atomic mass is 10.3. The molecule has 9 nitrogen and oxygen atoms in total. The van der Waals surface area contributed by atoms with Gasteiger partial charge in [-0.15, -0.1) is 0 Å². The van der Waals surface area contributed by atoms with E-state index in [0.29, 0.717) is 39.6 Å². The number of likely N-dealkylation sites (N-methyl/N-ethyl adjacent to an activating group) is 1. The van der Waals surface area contributed by atoms with Crippen LogP contribution in [-0.2, 0) is 33.2 Å². The summed E-state index contributed by atoms with van der Waals surface area (Å²) in [7, 11) is 3.89. The Balaban J connectivity index is 0.000000540. The van der Waals surface area contributed by atoms with Gasteiger partial charge in [0, 0.05) is 26.1 Å². The fourth-order valence-corrected chi connectivity index (χ4v) is 2.28. The third-order valence-corrected chi connectivity index (χ3v) is 4.16. The van der Waals surface area contributed by atoms with E-state index in [2.05, 4.69) is 7.05 Å². The van der Waals surface area contributed by atoms with Crippen LogP contribution in [0.3, 0.4) is 0 Å². The normalized spacial score (nSPS) is 15.7. The van der Waals surface area contributed by atoms with Crippen molar-refractivity contribution in [3.63, 3.8) is 0 Å². The molecule has 1 aliphatic rings. The third kappa shape index (κ3) is 18.5. The van der Waals surface area contributed by atoms with Gasteiger partial charge in [0.2, 0.25) is 0 Å². The zero-order chi connectivity index (χ0) is 20.9. The van der Waals surface area contributed by atoms with Gasteiger partial charge >= 0.3 is 0 Å². The highest BCUT2D eigenvalue weighted by atomic mass is 16.6. The maximum atomic E-state index is 10.0. The Labute approximate surface area is 169 Å². The molecule has 1 fully saturated rings. The number of carboxylic acid groups (broad SMARTS) is 1. The molecule has 0 radical (unpaired) electrons. The predicted octanol–water partition coefficient (Wildman–Crippen LogP) is -0.678. The molecule has 0 N–H and O–H groups in total. The van der Waals surface area contributed by atoms with Crippen molar-refractivity contribution in [2.24, 2.45) is 0 Å². The van der Waals surface area contributed by atoms with Crippen LogP contribution in [0.1, 0.15) is 13.3 Å². The van der Waals surface area contributed by atoms with Crippen LogP contribution >= 0.6 is 0 Å². The molecular weight excluding hydrogens is 370 g/mol. The van der Waals surface area contributed by atoms with E-state index in [4.69, 9.17) is 28.4 Å². The maximum Gasteiger partial charge on any atom is 0.102 e. The highest BCUT2D eigenvalue weighted by Gasteiger charge is 2.24. The van der Waals surface area contributed by atoms with Gasteiger partial charge in [-0.25, -0.2) is 0 Å². The molecule has 1 rings (SSSR count). The van der Waals surface area contributed by atoms with Gasteiger partial charge < -0.3 is 42.8 Å². The standard InChI is InChI=1S/C10H20O6.C9H20NO2/c1-13-4-5-15-8-9-16-7-6-14-3-2-10(11)12;1-3-11-7-4-10(2)5-8-12-9-6-10/h2-9H2,1H3,(H,11,12);3-9H2,1-2H3/q;+1/p-1. The number of quaternary nitrogens is 1. The molecule has 0 aromatic heterocycles. The van der Waals surface area contributed by atoms with Crippen molar-refractivity contribution < 1.29 is 42.8 Å². The van der Waals surface area contributed by atoms with E-state index in [-0.39, 0.29) is 13.0 Å². The first-order chi connectivity index (χ1) is 13.5. The van der Waals surface area contributed by atoms with E-state index in [0.717, 1.165) is 50.5 Å². The Morgan fingerprint density at radius 1 is 0.893 bits per heavy atom. The van der Waals surface area contributed by atoms with Crippen LogP contribution in [0.15, 0.2) is 0 Å². The lowest BCUT2D eigenvalue weighted by Crippen LogP contribution is -2.53. The van der Waals surface area contributed by atoms with E-state index in [1.54, 1.807) is 7.11 Å². The minimum atomic E-state index is -1.10. The number of carbonyl (C=O) groups is 1. The minimum absolute atomic E-state index is 0.0832. The average molecular weight is 410 g/mol. The van der Waals surface area contributed by atoms with Crippen molar-refractivity contribution in [3.05, 3.63) is 0 Å². The summed E-state index contributed by atoms with van der Waals surface area (Å²) in [6, 6.07) is 0. The number of hydrogen-bond acceptors (Lipinski definition) is 8. The zero-order valence-electron chi connectivity index (χ0n) is 17.8. The van der Waals surface area contributed by atoms with Gasteiger partial charge in [0.15, 0.2) is 0 Å². The summed E-state index contributed by atoms with van der Waals surface area (Å²) in [6.45, 7) is 12.1. The van der Waals surface area contributed by atoms with Crippen molar-refractivity contribution in [1.29, 1.82) is 0 Å². The quantitative estimate of drug-likeness (QED) is 0.245. The van der Waals surface area contributed by atoms with Crippen molar-refractivity contribution in [1.82, 2.24) is 0 Å². The summed E-state index contributed by atoms with van der Waals surface area (Å²) in [5.41, 5.74) is 0. The lowest BCUT2D eigenvalue weighted by Gasteiger charge is -2.37. The van der Waals surface area contributed by atoms with Crippen LogP contribution in [0.25, 0.3) is 0 Å². The Kier molecular flexibility index (Phi) is 18.9. The first kappa shape index (κ1) is 27.2. The summed E-state index contributed by atoms with van der Waals surface area (Å²) in [5, 5.41) is 10.0. The molecule has 168 valence electrons. The number of morpholine rings is 1. The fraction of sp³-hybridized carbons (Fsp3) is 0.947. The number of carboxylic acids is 1. The zero-order valence-corrected chi connectivity index (χ0v) is 17.8. The molecule has 0 aromatic rings. The molecule has 0 atom stereocenters. The number of rotatable bonds is 16. The molecule has 9 heteroatoms. The van der Waals surface area contributed by atoms with E-state index in [1.807, 2.05) is 6.92 Å². The molecular formula is C19H39NO8. The minimum Gasteiger partial charge on any atom is -0.550 e. The van der Waals surface area contributed by atoms with E-state index in [1.165, 1.54) is 0 Å². The van der Waals surface area contributed by atoms with Crippen LogP contribution in [0, 0.1) is 0 Å². The number of nitrogens with zero attached hydrogens (tertiary/aromatic N) is 1. The van der Waals surface area contributed by atoms with Crippen molar-refractivity contribution in [2.45, 2.75) is 13.3 Å². The van der Waals surface area contributed by atoms with Crippen LogP contribution in [0.5, 0.6) is 0 Å². The van der Waals surface area contributed by atoms with Gasteiger partial charge in [0.25, 0.3) is 0 Å². The molecule has 1 heterocycles. The summed E-state index contributed by atoms with van der Waals surface area (Å²) in [6.07, 6.45) is -0.0832. The second kappa shape index (κ2) is 19.5. The molecule has 1 saturated heterocycles. The Morgan fingerprint density at radius 3 is 1.93 bits per heavy atom. The first-order valence-electron chi connectivity index (χ1n) is 9.95. The smallest absolute Gasteiger partial charge is 0.102 e. The van der Waals surface area contributed by atoms with Crippen molar-refractivity contribution in [2.75, 3.05) is 106 Å². The molecule has 0 aromatic carbocycles. The Bertz CT molecular complexity index is 351. The van der Waals surface area contributed by atoms with Crippen LogP contribution < -0.4 is 5.11 Å². The molecule has 1 aliphatic heterocycles. The molecule has 0 unspecified atom stereocenters. The summed E-state index contributed by atoms with van der Waals surface area (Å²) in [5.74, 6) is -1.10. The van der Waals surface area contributed by atoms with E-state index in [9.17, 15) is 9.90 Å². The lowest BCUT2D eigenvalue weighted by molar-refractivity contribution is -0.917. The summed E-state index contributed by atoms with van der Waals surface area (Å²) < 4.78 is 31.9. The second-order valence-corrected chi connectivity index (χ2v) is 6.55. The highest BCUT2D eigenvalue weighted by molar-refractivity contribution is 5.64. The number of aliphatic carboxylic acids is 1. The molecule has 28 heavy (non-hydrogen) atoms. The Morgan fingerprint density at radius 2 is 1.43 bits per heavy atom. The monoisotopic (exact) mass is 409 g/mol. The van der Waals surface area contributed by atoms with E-state index < -0.39 is 5.97 Å². The topological polar surface area (TPSA) is 95.5 Å². The molecule has 0 saturated carbocycles. The maximum absolute atomic E-state index is 10.0. The summed E-state index contributed by atoms with van der Waals surface area (Å²) >= 11 is 0. The second-order valence-electron chi connectivity index (χ2n) is 6.55. The summed E-state index contributed by atoms with van der Waals surface area (Å²) in [4.78, 5) is 10.0. The van der Waals surface area contributed by atoms with Gasteiger partial charge in [0.05, 0.1) is 73.1 Å². The number of carbonyl (C=O) groups excluding carboxylic acids is 1. The van der Waals surface area contributed by atoms with Crippen LogP contribution in [0.2, 0.25) is 0 Å². The SMILES string of the molecule is CCOCC[N+]1(C)CCOCC1.COCCOCCOCCOCCC(=O)[O-]. The number of hydrogen-bond donors (Lipinski definition) is 0. The fourth-order valence-electron chi connectivity index (χ4n) is 2.28. The van der Waals surface area contributed by atoms with Gasteiger partial charge in [-0.05, 0) is 6.92 Å². The van der Waals surface area contributed by atoms with Gasteiger partial charge in [-0.3, -0.25) is 0 Å². The molecule has 0 spiro atoms. The Hall–Kier alpha value is -0.810. The van der Waals surface area contributed by atoms with Crippen LogP contribution in [0.4, 0.5) is 0 Å². The van der Waals surface area contributed by atoms with Crippen LogP contribution in [-0.4, -0.2) is 117 Å².